The van der Waals surface area contributed by atoms with Gasteiger partial charge in [0.2, 0.25) is 0 Å². The van der Waals surface area contributed by atoms with Crippen LogP contribution in [0.1, 0.15) is 32.8 Å². The molecule has 1 aromatic heterocycles. The number of fused-ring (bicyclic) bond motifs is 1. The summed E-state index contributed by atoms with van der Waals surface area (Å²) in [5, 5.41) is 0. The first kappa shape index (κ1) is 13.6. The minimum Gasteiger partial charge on any atom is -0.348 e. The summed E-state index contributed by atoms with van der Waals surface area (Å²) in [7, 11) is 1.84. The summed E-state index contributed by atoms with van der Waals surface area (Å²) in [5.41, 5.74) is 2.45. The molecule has 0 aliphatic carbocycles. The highest BCUT2D eigenvalue weighted by atomic mass is 16.2. The second-order valence-corrected chi connectivity index (χ2v) is 5.41. The minimum absolute atomic E-state index is 0.0183. The summed E-state index contributed by atoms with van der Waals surface area (Å²) < 4.78 is 1.79. The van der Waals surface area contributed by atoms with Gasteiger partial charge in [-0.2, -0.15) is 0 Å². The molecule has 2 aromatic rings. The molecular formula is C17H18N2O2. The fourth-order valence-electron chi connectivity index (χ4n) is 2.84. The molecule has 0 bridgehead atoms. The quantitative estimate of drug-likeness (QED) is 0.811. The average molecular weight is 282 g/mol. The van der Waals surface area contributed by atoms with Gasteiger partial charge < -0.3 is 9.47 Å². The summed E-state index contributed by atoms with van der Waals surface area (Å²) in [5.74, 6) is -0.0547. The van der Waals surface area contributed by atoms with Crippen LogP contribution in [0.3, 0.4) is 0 Å². The number of nitrogens with zero attached hydrogens (tertiary/aromatic N) is 2. The SMILES string of the molecule is Cn1cccc1C(=O)CN1CCCc2ccccc2C1=O. The van der Waals surface area contributed by atoms with Gasteiger partial charge in [-0.3, -0.25) is 9.59 Å². The Hall–Kier alpha value is -2.36. The number of ketones is 1. The number of hydrogen-bond donors (Lipinski definition) is 0. The average Bonchev–Trinajstić information content (AvgIpc) is 2.85. The lowest BCUT2D eigenvalue weighted by Crippen LogP contribution is -2.36. The zero-order valence-corrected chi connectivity index (χ0v) is 12.1. The second-order valence-electron chi connectivity index (χ2n) is 5.41. The zero-order chi connectivity index (χ0) is 14.8. The molecule has 4 heteroatoms. The first-order valence-electron chi connectivity index (χ1n) is 7.18. The lowest BCUT2D eigenvalue weighted by atomic mass is 10.0. The normalized spacial score (nSPS) is 14.7. The molecule has 0 fully saturated rings. The Morgan fingerprint density at radius 3 is 2.76 bits per heavy atom. The molecule has 0 saturated carbocycles. The van der Waals surface area contributed by atoms with Crippen LogP contribution in [0.4, 0.5) is 0 Å². The van der Waals surface area contributed by atoms with E-state index in [1.165, 1.54) is 0 Å². The van der Waals surface area contributed by atoms with E-state index in [0.717, 1.165) is 24.0 Å². The van der Waals surface area contributed by atoms with E-state index in [1.807, 2.05) is 43.6 Å². The molecule has 0 unspecified atom stereocenters. The van der Waals surface area contributed by atoms with Gasteiger partial charge in [-0.25, -0.2) is 0 Å². The van der Waals surface area contributed by atoms with Gasteiger partial charge in [-0.15, -0.1) is 0 Å². The lowest BCUT2D eigenvalue weighted by Gasteiger charge is -2.20. The van der Waals surface area contributed by atoms with Crippen LogP contribution in [-0.2, 0) is 13.5 Å². The van der Waals surface area contributed by atoms with Crippen molar-refractivity contribution in [1.29, 1.82) is 0 Å². The van der Waals surface area contributed by atoms with Gasteiger partial charge in [-0.05, 0) is 36.6 Å². The largest absolute Gasteiger partial charge is 0.348 e. The first-order valence-corrected chi connectivity index (χ1v) is 7.18. The topological polar surface area (TPSA) is 42.3 Å². The molecule has 0 atom stereocenters. The number of aromatic nitrogens is 1. The smallest absolute Gasteiger partial charge is 0.254 e. The fourth-order valence-corrected chi connectivity index (χ4v) is 2.84. The Morgan fingerprint density at radius 2 is 2.00 bits per heavy atom. The van der Waals surface area contributed by atoms with Crippen LogP contribution in [0.15, 0.2) is 42.6 Å². The predicted octanol–water partition coefficient (Wildman–Crippen LogP) is 2.30. The molecular weight excluding hydrogens is 264 g/mol. The number of hydrogen-bond acceptors (Lipinski definition) is 2. The van der Waals surface area contributed by atoms with Crippen molar-refractivity contribution in [2.45, 2.75) is 12.8 Å². The van der Waals surface area contributed by atoms with Gasteiger partial charge >= 0.3 is 0 Å². The van der Waals surface area contributed by atoms with Crippen molar-refractivity contribution in [3.63, 3.8) is 0 Å². The standard InChI is InChI=1S/C17H18N2O2/c1-18-10-5-9-15(18)16(20)12-19-11-4-7-13-6-2-3-8-14(13)17(19)21/h2-3,5-6,8-10H,4,7,11-12H2,1H3. The number of Topliss-reactive ketones (excluding diaryl/α,β-unsaturated/α-hetero) is 1. The van der Waals surface area contributed by atoms with Crippen molar-refractivity contribution in [2.75, 3.05) is 13.1 Å². The molecule has 0 saturated heterocycles. The van der Waals surface area contributed by atoms with Gasteiger partial charge in [0.05, 0.1) is 12.2 Å². The van der Waals surface area contributed by atoms with Crippen molar-refractivity contribution in [3.8, 4) is 0 Å². The van der Waals surface area contributed by atoms with Gasteiger partial charge in [0.25, 0.3) is 5.91 Å². The Balaban J connectivity index is 1.82. The molecule has 4 nitrogen and oxygen atoms in total. The van der Waals surface area contributed by atoms with E-state index in [4.69, 9.17) is 0 Å². The fraction of sp³-hybridized carbons (Fsp3) is 0.294. The highest BCUT2D eigenvalue weighted by Crippen LogP contribution is 2.18. The Kier molecular flexibility index (Phi) is 3.60. The number of aryl methyl sites for hydroxylation is 2. The van der Waals surface area contributed by atoms with Crippen molar-refractivity contribution in [3.05, 3.63) is 59.4 Å². The molecule has 21 heavy (non-hydrogen) atoms. The molecule has 108 valence electrons. The number of benzene rings is 1. The van der Waals surface area contributed by atoms with Gasteiger partial charge in [0.15, 0.2) is 5.78 Å². The summed E-state index contributed by atoms with van der Waals surface area (Å²) in [4.78, 5) is 26.6. The van der Waals surface area contributed by atoms with E-state index < -0.39 is 0 Å². The molecule has 0 radical (unpaired) electrons. The molecule has 0 N–H and O–H groups in total. The Labute approximate surface area is 124 Å². The molecule has 1 aliphatic rings. The van der Waals surface area contributed by atoms with Gasteiger partial charge in [-0.1, -0.05) is 18.2 Å². The monoisotopic (exact) mass is 282 g/mol. The summed E-state index contributed by atoms with van der Waals surface area (Å²) in [6.07, 6.45) is 3.62. The third-order valence-electron chi connectivity index (χ3n) is 3.97. The first-order chi connectivity index (χ1) is 10.2. The van der Waals surface area contributed by atoms with E-state index in [0.29, 0.717) is 12.2 Å². The third-order valence-corrected chi connectivity index (χ3v) is 3.97. The highest BCUT2D eigenvalue weighted by Gasteiger charge is 2.24. The lowest BCUT2D eigenvalue weighted by molar-refractivity contribution is 0.0712. The maximum absolute atomic E-state index is 12.6. The summed E-state index contributed by atoms with van der Waals surface area (Å²) in [6.45, 7) is 0.773. The van der Waals surface area contributed by atoms with Gasteiger partial charge in [0.1, 0.15) is 0 Å². The Morgan fingerprint density at radius 1 is 1.19 bits per heavy atom. The summed E-state index contributed by atoms with van der Waals surface area (Å²) in [6, 6.07) is 11.3. The summed E-state index contributed by atoms with van der Waals surface area (Å²) >= 11 is 0. The van der Waals surface area contributed by atoms with Crippen LogP contribution in [0, 0.1) is 0 Å². The van der Waals surface area contributed by atoms with E-state index in [1.54, 1.807) is 15.5 Å². The number of rotatable bonds is 3. The van der Waals surface area contributed by atoms with E-state index in [-0.39, 0.29) is 18.2 Å². The molecule has 0 spiro atoms. The molecule has 3 rings (SSSR count). The van der Waals surface area contributed by atoms with Crippen LogP contribution in [-0.4, -0.2) is 34.2 Å². The Bertz CT molecular complexity index is 688. The predicted molar refractivity (Wildman–Crippen MR) is 80.4 cm³/mol. The van der Waals surface area contributed by atoms with E-state index in [9.17, 15) is 9.59 Å². The number of carbonyl (C=O) groups is 2. The second kappa shape index (κ2) is 5.56. The minimum atomic E-state index is -0.0364. The van der Waals surface area contributed by atoms with Crippen molar-refractivity contribution < 1.29 is 9.59 Å². The van der Waals surface area contributed by atoms with E-state index >= 15 is 0 Å². The molecule has 2 heterocycles. The molecule has 1 aliphatic heterocycles. The number of amides is 1. The molecule has 1 amide bonds. The van der Waals surface area contributed by atoms with Crippen LogP contribution < -0.4 is 0 Å². The van der Waals surface area contributed by atoms with Crippen LogP contribution in [0.5, 0.6) is 0 Å². The zero-order valence-electron chi connectivity index (χ0n) is 12.1. The maximum atomic E-state index is 12.6. The highest BCUT2D eigenvalue weighted by molar-refractivity contribution is 6.02. The van der Waals surface area contributed by atoms with E-state index in [2.05, 4.69) is 0 Å². The van der Waals surface area contributed by atoms with Crippen molar-refractivity contribution >= 4 is 11.7 Å². The van der Waals surface area contributed by atoms with Crippen molar-refractivity contribution in [2.24, 2.45) is 7.05 Å². The van der Waals surface area contributed by atoms with Crippen LogP contribution in [0.2, 0.25) is 0 Å². The van der Waals surface area contributed by atoms with Crippen molar-refractivity contribution in [1.82, 2.24) is 9.47 Å². The van der Waals surface area contributed by atoms with Gasteiger partial charge in [0, 0.05) is 25.4 Å². The molecule has 1 aromatic carbocycles. The third kappa shape index (κ3) is 2.61. The maximum Gasteiger partial charge on any atom is 0.254 e. The van der Waals surface area contributed by atoms with Crippen LogP contribution >= 0.6 is 0 Å². The van der Waals surface area contributed by atoms with Crippen LogP contribution in [0.25, 0.3) is 0 Å². The number of carbonyl (C=O) groups excluding carboxylic acids is 2.